The normalized spacial score (nSPS) is 10.4. The van der Waals surface area contributed by atoms with Gasteiger partial charge >= 0.3 is 11.9 Å². The summed E-state index contributed by atoms with van der Waals surface area (Å²) >= 11 is 0. The van der Waals surface area contributed by atoms with Gasteiger partial charge in [0.15, 0.2) is 0 Å². The van der Waals surface area contributed by atoms with E-state index in [0.29, 0.717) is 43.1 Å². The van der Waals surface area contributed by atoms with Crippen LogP contribution in [-0.4, -0.2) is 36.3 Å². The molecule has 154 valence electrons. The highest BCUT2D eigenvalue weighted by molar-refractivity contribution is 5.91. The third-order valence-electron chi connectivity index (χ3n) is 4.42. The second-order valence-electron chi connectivity index (χ2n) is 6.51. The Kier molecular flexibility index (Phi) is 6.71. The Morgan fingerprint density at radius 2 is 1.83 bits per heavy atom. The minimum atomic E-state index is -0.366. The van der Waals surface area contributed by atoms with Crippen LogP contribution in [0.1, 0.15) is 36.2 Å². The summed E-state index contributed by atoms with van der Waals surface area (Å²) in [6.07, 6.45) is 2.34. The zero-order valence-electron chi connectivity index (χ0n) is 16.9. The van der Waals surface area contributed by atoms with Gasteiger partial charge in [0.2, 0.25) is 0 Å². The van der Waals surface area contributed by atoms with Crippen molar-refractivity contribution in [2.24, 2.45) is 0 Å². The fraction of sp³-hybridized carbons (Fsp3) is 0.261. The molecule has 2 aromatic carbocycles. The van der Waals surface area contributed by atoms with E-state index in [1.54, 1.807) is 25.3 Å². The van der Waals surface area contributed by atoms with Gasteiger partial charge in [0.1, 0.15) is 11.8 Å². The third kappa shape index (κ3) is 4.78. The van der Waals surface area contributed by atoms with Crippen LogP contribution in [0, 0.1) is 11.3 Å². The highest BCUT2D eigenvalue weighted by Gasteiger charge is 2.12. The maximum atomic E-state index is 11.8. The molecule has 0 aliphatic rings. The first-order chi connectivity index (χ1) is 14.5. The van der Waals surface area contributed by atoms with Crippen LogP contribution in [0.2, 0.25) is 0 Å². The van der Waals surface area contributed by atoms with Crippen LogP contribution in [0.25, 0.3) is 16.6 Å². The van der Waals surface area contributed by atoms with Gasteiger partial charge in [0.25, 0.3) is 0 Å². The molecule has 0 saturated carbocycles. The van der Waals surface area contributed by atoms with Crippen LogP contribution >= 0.6 is 0 Å². The standard InChI is InChI=1S/C23H22N2O5/c1-3-28-23(27)17-5-7-19(8-6-17)25-15-18(14-24)21-13-20(9-10-22(21)25)30-12-4-11-29-16(2)26/h5-10,13,15H,3-4,11-12H2,1-2H3. The number of esters is 2. The number of nitrogens with zero attached hydrogens (tertiary/aromatic N) is 2. The number of ether oxygens (including phenoxy) is 3. The van der Waals surface area contributed by atoms with Crippen LogP contribution < -0.4 is 4.74 Å². The molecule has 3 aromatic rings. The number of fused-ring (bicyclic) bond motifs is 1. The lowest BCUT2D eigenvalue weighted by molar-refractivity contribution is -0.141. The molecule has 3 rings (SSSR count). The molecular formula is C23H22N2O5. The lowest BCUT2D eigenvalue weighted by atomic mass is 10.2. The molecule has 0 fully saturated rings. The molecule has 7 nitrogen and oxygen atoms in total. The van der Waals surface area contributed by atoms with Gasteiger partial charge in [-0.3, -0.25) is 4.79 Å². The largest absolute Gasteiger partial charge is 0.493 e. The Morgan fingerprint density at radius 1 is 1.07 bits per heavy atom. The van der Waals surface area contributed by atoms with E-state index in [9.17, 15) is 14.9 Å². The van der Waals surface area contributed by atoms with E-state index in [2.05, 4.69) is 6.07 Å². The Balaban J connectivity index is 1.81. The van der Waals surface area contributed by atoms with Crippen LogP contribution in [-0.2, 0) is 14.3 Å². The Morgan fingerprint density at radius 3 is 2.50 bits per heavy atom. The van der Waals surface area contributed by atoms with Gasteiger partial charge in [-0.15, -0.1) is 0 Å². The zero-order valence-corrected chi connectivity index (χ0v) is 16.9. The molecule has 0 radical (unpaired) electrons. The molecule has 30 heavy (non-hydrogen) atoms. The number of rotatable bonds is 8. The lowest BCUT2D eigenvalue weighted by Gasteiger charge is -2.09. The van der Waals surface area contributed by atoms with Crippen molar-refractivity contribution < 1.29 is 23.8 Å². The Hall–Kier alpha value is -3.79. The topological polar surface area (TPSA) is 90.6 Å². The van der Waals surface area contributed by atoms with E-state index < -0.39 is 0 Å². The van der Waals surface area contributed by atoms with Crippen molar-refractivity contribution in [3.63, 3.8) is 0 Å². The van der Waals surface area contributed by atoms with Gasteiger partial charge in [0.05, 0.1) is 36.5 Å². The predicted octanol–water partition coefficient (Wildman–Crippen LogP) is 4.01. The quantitative estimate of drug-likeness (QED) is 0.415. The lowest BCUT2D eigenvalue weighted by Crippen LogP contribution is -2.05. The van der Waals surface area contributed by atoms with Crippen molar-refractivity contribution in [3.8, 4) is 17.5 Å². The summed E-state index contributed by atoms with van der Waals surface area (Å²) in [4.78, 5) is 22.6. The van der Waals surface area contributed by atoms with Gasteiger partial charge < -0.3 is 18.8 Å². The number of nitriles is 1. The SMILES string of the molecule is CCOC(=O)c1ccc(-n2cc(C#N)c3cc(OCCCOC(C)=O)ccc32)cc1. The molecule has 0 bridgehead atoms. The van der Waals surface area contributed by atoms with Gasteiger partial charge in [0, 0.05) is 30.6 Å². The van der Waals surface area contributed by atoms with Crippen molar-refractivity contribution in [1.29, 1.82) is 5.26 Å². The van der Waals surface area contributed by atoms with Crippen LogP contribution in [0.4, 0.5) is 0 Å². The first-order valence-electron chi connectivity index (χ1n) is 9.62. The molecule has 0 unspecified atom stereocenters. The van der Waals surface area contributed by atoms with Crippen molar-refractivity contribution in [2.45, 2.75) is 20.3 Å². The first-order valence-corrected chi connectivity index (χ1v) is 9.62. The smallest absolute Gasteiger partial charge is 0.338 e. The Bertz CT molecular complexity index is 1090. The number of aromatic nitrogens is 1. The number of benzene rings is 2. The van der Waals surface area contributed by atoms with Crippen molar-refractivity contribution >= 4 is 22.8 Å². The van der Waals surface area contributed by atoms with E-state index in [4.69, 9.17) is 14.2 Å². The molecule has 1 heterocycles. The molecule has 1 aromatic heterocycles. The fourth-order valence-corrected chi connectivity index (χ4v) is 3.04. The Labute approximate surface area is 174 Å². The van der Waals surface area contributed by atoms with Gasteiger partial charge in [-0.2, -0.15) is 5.26 Å². The highest BCUT2D eigenvalue weighted by atomic mass is 16.5. The molecule has 0 N–H and O–H groups in total. The van der Waals surface area contributed by atoms with E-state index in [1.165, 1.54) is 6.92 Å². The summed E-state index contributed by atoms with van der Waals surface area (Å²) in [5, 5.41) is 10.3. The van der Waals surface area contributed by atoms with Gasteiger partial charge in [-0.25, -0.2) is 4.79 Å². The van der Waals surface area contributed by atoms with E-state index in [-0.39, 0.29) is 11.9 Å². The van der Waals surface area contributed by atoms with E-state index in [0.717, 1.165) is 16.6 Å². The maximum absolute atomic E-state index is 11.8. The third-order valence-corrected chi connectivity index (χ3v) is 4.42. The predicted molar refractivity (Wildman–Crippen MR) is 111 cm³/mol. The molecule has 0 aliphatic heterocycles. The van der Waals surface area contributed by atoms with Crippen LogP contribution in [0.5, 0.6) is 5.75 Å². The number of hydrogen-bond donors (Lipinski definition) is 0. The monoisotopic (exact) mass is 406 g/mol. The first kappa shape index (κ1) is 20.9. The van der Waals surface area contributed by atoms with Crippen LogP contribution in [0.3, 0.4) is 0 Å². The average molecular weight is 406 g/mol. The van der Waals surface area contributed by atoms with Crippen molar-refractivity contribution in [1.82, 2.24) is 4.57 Å². The minimum Gasteiger partial charge on any atom is -0.493 e. The summed E-state index contributed by atoms with van der Waals surface area (Å²) < 4.78 is 17.5. The average Bonchev–Trinajstić information content (AvgIpc) is 3.11. The zero-order chi connectivity index (χ0) is 21.5. The summed E-state index contributed by atoms with van der Waals surface area (Å²) in [6.45, 7) is 4.16. The molecular weight excluding hydrogens is 384 g/mol. The summed E-state index contributed by atoms with van der Waals surface area (Å²) in [6, 6.07) is 14.8. The second-order valence-corrected chi connectivity index (χ2v) is 6.51. The second kappa shape index (κ2) is 9.61. The summed E-state index contributed by atoms with van der Waals surface area (Å²) in [7, 11) is 0. The highest BCUT2D eigenvalue weighted by Crippen LogP contribution is 2.28. The molecule has 0 saturated heterocycles. The molecule has 7 heteroatoms. The molecule has 0 aliphatic carbocycles. The maximum Gasteiger partial charge on any atom is 0.338 e. The molecule has 0 spiro atoms. The molecule has 0 atom stereocenters. The minimum absolute atomic E-state index is 0.305. The number of carbonyl (C=O) groups is 2. The van der Waals surface area contributed by atoms with Crippen LogP contribution in [0.15, 0.2) is 48.7 Å². The van der Waals surface area contributed by atoms with E-state index in [1.807, 2.05) is 34.9 Å². The number of carbonyl (C=O) groups excluding carboxylic acids is 2. The summed E-state index contributed by atoms with van der Waals surface area (Å²) in [5.74, 6) is -0.0430. The number of hydrogen-bond acceptors (Lipinski definition) is 6. The van der Waals surface area contributed by atoms with Gasteiger partial charge in [-0.05, 0) is 49.4 Å². The van der Waals surface area contributed by atoms with E-state index >= 15 is 0 Å². The van der Waals surface area contributed by atoms with Crippen molar-refractivity contribution in [2.75, 3.05) is 19.8 Å². The fourth-order valence-electron chi connectivity index (χ4n) is 3.04. The van der Waals surface area contributed by atoms with Crippen molar-refractivity contribution in [3.05, 3.63) is 59.8 Å². The molecule has 0 amide bonds. The summed E-state index contributed by atoms with van der Waals surface area (Å²) in [5.41, 5.74) is 2.67. The van der Waals surface area contributed by atoms with Gasteiger partial charge in [-0.1, -0.05) is 0 Å².